The lowest BCUT2D eigenvalue weighted by atomic mass is 9.89. The number of likely N-dealkylation sites (N-methyl/N-ethyl adjacent to an activating group) is 1. The fraction of sp³-hybridized carbons (Fsp3) is 0.375. The van der Waals surface area contributed by atoms with Gasteiger partial charge in [0, 0.05) is 57.7 Å². The van der Waals surface area contributed by atoms with E-state index in [-0.39, 0.29) is 30.5 Å². The molecular weight excluding hydrogens is 448 g/mol. The Kier molecular flexibility index (Phi) is 5.85. The van der Waals surface area contributed by atoms with Gasteiger partial charge in [0.1, 0.15) is 23.6 Å². The summed E-state index contributed by atoms with van der Waals surface area (Å²) in [6.45, 7) is 0.157. The van der Waals surface area contributed by atoms with Crippen LogP contribution in [0.15, 0.2) is 36.8 Å². The molecule has 0 aromatic carbocycles. The molecule has 0 unspecified atom stereocenters. The number of fused-ring (bicyclic) bond motifs is 2. The minimum absolute atomic E-state index is 0.0207. The number of pyridine rings is 1. The Morgan fingerprint density at radius 2 is 2.09 bits per heavy atom. The van der Waals surface area contributed by atoms with Crippen LogP contribution in [0.2, 0.25) is 0 Å². The molecule has 2 amide bonds. The molecule has 5 rings (SSSR count). The maximum Gasteiger partial charge on any atom is 0.257 e. The number of nitrogens with zero attached hydrogens (tertiary/aromatic N) is 6. The van der Waals surface area contributed by atoms with Crippen molar-refractivity contribution in [1.82, 2.24) is 34.4 Å². The Bertz CT molecular complexity index is 1420. The van der Waals surface area contributed by atoms with Crippen LogP contribution in [0.5, 0.6) is 0 Å². The van der Waals surface area contributed by atoms with Gasteiger partial charge >= 0.3 is 0 Å². The summed E-state index contributed by atoms with van der Waals surface area (Å²) in [6, 6.07) is 5.65. The third kappa shape index (κ3) is 3.97. The fourth-order valence-electron chi connectivity index (χ4n) is 4.34. The number of hydrogen-bond donors (Lipinski definition) is 2. The van der Waals surface area contributed by atoms with E-state index in [0.717, 1.165) is 23.8 Å². The van der Waals surface area contributed by atoms with Crippen molar-refractivity contribution in [2.45, 2.75) is 31.5 Å². The summed E-state index contributed by atoms with van der Waals surface area (Å²) in [7, 11) is 6.89. The maximum absolute atomic E-state index is 13.1. The van der Waals surface area contributed by atoms with Crippen LogP contribution < -0.4 is 10.6 Å². The number of rotatable bonds is 7. The van der Waals surface area contributed by atoms with E-state index in [2.05, 4.69) is 20.7 Å². The standard InChI is InChI=1S/C24H28N8O3/c1-25-20-10-18(16-12-31(13-21(33)30(2)3)22-14(16)6-5-9-26-22)28-23-15(11-27-32(20)23)24(34)29-17-7-8-19(17)35-4/h5-6,9-12,17,19,25H,7-8,13H2,1-4H3,(H,29,34)/t17-,19-/m0/s1. The number of nitrogens with one attached hydrogen (secondary N) is 2. The van der Waals surface area contributed by atoms with Crippen LogP contribution >= 0.6 is 0 Å². The summed E-state index contributed by atoms with van der Waals surface area (Å²) in [5.74, 6) is 0.397. The quantitative estimate of drug-likeness (QED) is 0.417. The fourth-order valence-corrected chi connectivity index (χ4v) is 4.34. The number of amides is 2. The Labute approximate surface area is 202 Å². The molecule has 182 valence electrons. The van der Waals surface area contributed by atoms with Crippen LogP contribution in [-0.2, 0) is 16.1 Å². The zero-order valence-corrected chi connectivity index (χ0v) is 20.1. The summed E-state index contributed by atoms with van der Waals surface area (Å²) in [6.07, 6.45) is 6.94. The number of hydrogen-bond acceptors (Lipinski definition) is 7. The predicted molar refractivity (Wildman–Crippen MR) is 131 cm³/mol. The topological polar surface area (TPSA) is 119 Å². The molecule has 1 aliphatic rings. The van der Waals surface area contributed by atoms with Gasteiger partial charge in [0.2, 0.25) is 5.91 Å². The first kappa shape index (κ1) is 22.8. The average Bonchev–Trinajstić information content (AvgIpc) is 3.43. The highest BCUT2D eigenvalue weighted by Gasteiger charge is 2.33. The van der Waals surface area contributed by atoms with Crippen molar-refractivity contribution in [3.63, 3.8) is 0 Å². The van der Waals surface area contributed by atoms with Gasteiger partial charge in [0.25, 0.3) is 5.91 Å². The van der Waals surface area contributed by atoms with Gasteiger partial charge in [-0.25, -0.2) is 9.97 Å². The molecule has 0 saturated heterocycles. The number of carbonyl (C=O) groups excluding carboxylic acids is 2. The third-order valence-electron chi connectivity index (χ3n) is 6.52. The van der Waals surface area contributed by atoms with E-state index in [0.29, 0.717) is 28.4 Å². The van der Waals surface area contributed by atoms with Gasteiger partial charge in [0.15, 0.2) is 5.65 Å². The largest absolute Gasteiger partial charge is 0.379 e. The average molecular weight is 477 g/mol. The van der Waals surface area contributed by atoms with Gasteiger partial charge in [0.05, 0.1) is 24.0 Å². The molecule has 2 atom stereocenters. The second kappa shape index (κ2) is 8.99. The van der Waals surface area contributed by atoms with E-state index < -0.39 is 0 Å². The summed E-state index contributed by atoms with van der Waals surface area (Å²) >= 11 is 0. The number of anilines is 1. The van der Waals surface area contributed by atoms with Crippen LogP contribution in [0.3, 0.4) is 0 Å². The first-order chi connectivity index (χ1) is 16.9. The number of carbonyl (C=O) groups is 2. The van der Waals surface area contributed by atoms with E-state index in [1.807, 2.05) is 29.0 Å². The van der Waals surface area contributed by atoms with E-state index in [9.17, 15) is 9.59 Å². The lowest BCUT2D eigenvalue weighted by Gasteiger charge is -2.35. The molecule has 4 heterocycles. The normalized spacial score (nSPS) is 17.4. The molecule has 1 saturated carbocycles. The van der Waals surface area contributed by atoms with Crippen molar-refractivity contribution in [1.29, 1.82) is 0 Å². The SMILES string of the molecule is CNc1cc(-c2cn(CC(=O)N(C)C)c3ncccc23)nc2c(C(=O)N[C@H]3CC[C@@H]3OC)cnn12. The summed E-state index contributed by atoms with van der Waals surface area (Å²) in [5, 5.41) is 11.4. The molecule has 0 radical (unpaired) electrons. The molecule has 11 heteroatoms. The second-order valence-electron chi connectivity index (χ2n) is 8.84. The van der Waals surface area contributed by atoms with Gasteiger partial charge in [-0.05, 0) is 25.0 Å². The molecule has 1 aliphatic carbocycles. The minimum Gasteiger partial charge on any atom is -0.379 e. The highest BCUT2D eigenvalue weighted by molar-refractivity contribution is 6.01. The third-order valence-corrected chi connectivity index (χ3v) is 6.52. The van der Waals surface area contributed by atoms with Crippen LogP contribution in [-0.4, -0.2) is 81.3 Å². The van der Waals surface area contributed by atoms with Crippen molar-refractivity contribution in [3.8, 4) is 11.3 Å². The highest BCUT2D eigenvalue weighted by atomic mass is 16.5. The summed E-state index contributed by atoms with van der Waals surface area (Å²) in [5.41, 5.74) is 2.96. The summed E-state index contributed by atoms with van der Waals surface area (Å²) < 4.78 is 8.84. The first-order valence-corrected chi connectivity index (χ1v) is 11.5. The Hall–Kier alpha value is -3.99. The van der Waals surface area contributed by atoms with E-state index in [1.165, 1.54) is 6.20 Å². The highest BCUT2D eigenvalue weighted by Crippen LogP contribution is 2.31. The summed E-state index contributed by atoms with van der Waals surface area (Å²) in [4.78, 5) is 36.4. The monoisotopic (exact) mass is 476 g/mol. The zero-order valence-electron chi connectivity index (χ0n) is 20.1. The number of methoxy groups -OCH3 is 1. The second-order valence-corrected chi connectivity index (χ2v) is 8.84. The van der Waals surface area contributed by atoms with Gasteiger partial charge in [-0.2, -0.15) is 9.61 Å². The Balaban J connectivity index is 1.59. The van der Waals surface area contributed by atoms with Gasteiger partial charge in [-0.15, -0.1) is 0 Å². The molecule has 4 aromatic heterocycles. The zero-order chi connectivity index (χ0) is 24.7. The van der Waals surface area contributed by atoms with E-state index >= 15 is 0 Å². The van der Waals surface area contributed by atoms with Crippen molar-refractivity contribution >= 4 is 34.3 Å². The lowest BCUT2D eigenvalue weighted by molar-refractivity contribution is -0.129. The van der Waals surface area contributed by atoms with E-state index in [4.69, 9.17) is 9.72 Å². The molecule has 0 spiro atoms. The molecule has 2 N–H and O–H groups in total. The lowest BCUT2D eigenvalue weighted by Crippen LogP contribution is -2.51. The first-order valence-electron chi connectivity index (χ1n) is 11.5. The van der Waals surface area contributed by atoms with Crippen molar-refractivity contribution in [3.05, 3.63) is 42.4 Å². The van der Waals surface area contributed by atoms with Crippen molar-refractivity contribution < 1.29 is 14.3 Å². The molecule has 11 nitrogen and oxygen atoms in total. The molecule has 1 fully saturated rings. The van der Waals surface area contributed by atoms with Gasteiger partial charge in [-0.1, -0.05) is 0 Å². The predicted octanol–water partition coefficient (Wildman–Crippen LogP) is 1.78. The molecule has 4 aromatic rings. The van der Waals surface area contributed by atoms with Crippen LogP contribution in [0.1, 0.15) is 23.2 Å². The van der Waals surface area contributed by atoms with Crippen LogP contribution in [0.25, 0.3) is 27.9 Å². The Morgan fingerprint density at radius 3 is 2.77 bits per heavy atom. The number of aromatic nitrogens is 5. The van der Waals surface area contributed by atoms with Gasteiger partial charge < -0.3 is 24.8 Å². The van der Waals surface area contributed by atoms with Crippen LogP contribution in [0, 0.1) is 0 Å². The van der Waals surface area contributed by atoms with Gasteiger partial charge in [-0.3, -0.25) is 9.59 Å². The Morgan fingerprint density at radius 1 is 1.26 bits per heavy atom. The smallest absolute Gasteiger partial charge is 0.257 e. The molecule has 0 bridgehead atoms. The van der Waals surface area contributed by atoms with Crippen molar-refractivity contribution in [2.75, 3.05) is 33.6 Å². The minimum atomic E-state index is -0.237. The van der Waals surface area contributed by atoms with E-state index in [1.54, 1.807) is 43.9 Å². The van der Waals surface area contributed by atoms with Crippen LogP contribution in [0.4, 0.5) is 5.82 Å². The maximum atomic E-state index is 13.1. The molecule has 35 heavy (non-hydrogen) atoms. The molecular formula is C24H28N8O3. The molecule has 0 aliphatic heterocycles. The van der Waals surface area contributed by atoms with Crippen molar-refractivity contribution in [2.24, 2.45) is 0 Å². The number of ether oxygens (including phenoxy) is 1.